The summed E-state index contributed by atoms with van der Waals surface area (Å²) in [6, 6.07) is 5.20. The zero-order valence-corrected chi connectivity index (χ0v) is 11.9. The first kappa shape index (κ1) is 13.9. The largest absolute Gasteiger partial charge is 0.496 e. The number of hydrogen-bond donors (Lipinski definition) is 1. The SMILES string of the molecule is COc1cc(OC)c(-c2nc(C)cc(N)n2)c(OC)c1. The molecule has 6 heteroatoms. The lowest BCUT2D eigenvalue weighted by Gasteiger charge is -2.14. The van der Waals surface area contributed by atoms with E-state index in [4.69, 9.17) is 19.9 Å². The normalized spacial score (nSPS) is 10.2. The molecule has 106 valence electrons. The van der Waals surface area contributed by atoms with Crippen LogP contribution >= 0.6 is 0 Å². The number of hydrogen-bond acceptors (Lipinski definition) is 6. The molecule has 0 fully saturated rings. The Morgan fingerprint density at radius 1 is 0.900 bits per heavy atom. The monoisotopic (exact) mass is 275 g/mol. The predicted molar refractivity (Wildman–Crippen MR) is 76.3 cm³/mol. The van der Waals surface area contributed by atoms with E-state index in [0.29, 0.717) is 34.5 Å². The lowest BCUT2D eigenvalue weighted by Crippen LogP contribution is -2.01. The van der Waals surface area contributed by atoms with Gasteiger partial charge in [-0.25, -0.2) is 9.97 Å². The van der Waals surface area contributed by atoms with E-state index < -0.39 is 0 Å². The van der Waals surface area contributed by atoms with Crippen LogP contribution in [0.1, 0.15) is 5.69 Å². The van der Waals surface area contributed by atoms with Crippen molar-refractivity contribution in [3.8, 4) is 28.6 Å². The van der Waals surface area contributed by atoms with Crippen molar-refractivity contribution in [3.05, 3.63) is 23.9 Å². The number of benzene rings is 1. The molecule has 0 saturated heterocycles. The van der Waals surface area contributed by atoms with Gasteiger partial charge in [-0.1, -0.05) is 0 Å². The molecule has 0 amide bonds. The minimum atomic E-state index is 0.396. The summed E-state index contributed by atoms with van der Waals surface area (Å²) in [7, 11) is 4.71. The third-order valence-electron chi connectivity index (χ3n) is 2.81. The minimum absolute atomic E-state index is 0.396. The van der Waals surface area contributed by atoms with Crippen LogP contribution in [-0.4, -0.2) is 31.3 Å². The van der Waals surface area contributed by atoms with E-state index in [9.17, 15) is 0 Å². The van der Waals surface area contributed by atoms with Crippen LogP contribution in [0.25, 0.3) is 11.4 Å². The predicted octanol–water partition coefficient (Wildman–Crippen LogP) is 2.06. The summed E-state index contributed by atoms with van der Waals surface area (Å²) in [4.78, 5) is 8.63. The number of methoxy groups -OCH3 is 3. The van der Waals surface area contributed by atoms with Gasteiger partial charge >= 0.3 is 0 Å². The summed E-state index contributed by atoms with van der Waals surface area (Å²) in [5.41, 5.74) is 7.19. The van der Waals surface area contributed by atoms with Crippen molar-refractivity contribution in [3.63, 3.8) is 0 Å². The molecule has 0 radical (unpaired) electrons. The molecule has 2 aromatic rings. The molecule has 0 spiro atoms. The molecule has 1 aromatic carbocycles. The molecule has 1 heterocycles. The Morgan fingerprint density at radius 2 is 1.50 bits per heavy atom. The minimum Gasteiger partial charge on any atom is -0.496 e. The van der Waals surface area contributed by atoms with Crippen LogP contribution in [0.2, 0.25) is 0 Å². The van der Waals surface area contributed by atoms with E-state index in [1.165, 1.54) is 0 Å². The van der Waals surface area contributed by atoms with E-state index in [-0.39, 0.29) is 0 Å². The van der Waals surface area contributed by atoms with Crippen LogP contribution < -0.4 is 19.9 Å². The molecular weight excluding hydrogens is 258 g/mol. The number of aromatic nitrogens is 2. The summed E-state index contributed by atoms with van der Waals surface area (Å²) in [6.07, 6.45) is 0. The van der Waals surface area contributed by atoms with Crippen molar-refractivity contribution in [1.29, 1.82) is 0 Å². The van der Waals surface area contributed by atoms with Gasteiger partial charge < -0.3 is 19.9 Å². The summed E-state index contributed by atoms with van der Waals surface area (Å²) < 4.78 is 16.0. The van der Waals surface area contributed by atoms with E-state index in [1.54, 1.807) is 39.5 Å². The Balaban J connectivity index is 2.70. The molecule has 0 atom stereocenters. The molecule has 0 aliphatic carbocycles. The highest BCUT2D eigenvalue weighted by molar-refractivity contribution is 5.74. The maximum absolute atomic E-state index is 5.78. The van der Waals surface area contributed by atoms with E-state index in [2.05, 4.69) is 9.97 Å². The fourth-order valence-corrected chi connectivity index (χ4v) is 1.93. The Bertz CT molecular complexity index is 584. The first-order valence-corrected chi connectivity index (χ1v) is 6.00. The van der Waals surface area contributed by atoms with Crippen LogP contribution in [0.15, 0.2) is 18.2 Å². The maximum Gasteiger partial charge on any atom is 0.169 e. The molecule has 20 heavy (non-hydrogen) atoms. The quantitative estimate of drug-likeness (QED) is 0.920. The van der Waals surface area contributed by atoms with Crippen LogP contribution in [-0.2, 0) is 0 Å². The van der Waals surface area contributed by atoms with Crippen molar-refractivity contribution in [2.75, 3.05) is 27.1 Å². The first-order valence-electron chi connectivity index (χ1n) is 6.00. The molecule has 0 saturated carbocycles. The van der Waals surface area contributed by atoms with E-state index in [1.807, 2.05) is 6.92 Å². The lowest BCUT2D eigenvalue weighted by molar-refractivity contribution is 0.377. The standard InChI is InChI=1S/C14H17N3O3/c1-8-5-12(15)17-14(16-8)13-10(19-3)6-9(18-2)7-11(13)20-4/h5-7H,1-4H3,(H2,15,16,17). The Kier molecular flexibility index (Phi) is 3.93. The molecule has 6 nitrogen and oxygen atoms in total. The average Bonchev–Trinajstić information content (AvgIpc) is 2.44. The summed E-state index contributed by atoms with van der Waals surface area (Å²) in [5.74, 6) is 2.60. The highest BCUT2D eigenvalue weighted by Gasteiger charge is 2.18. The van der Waals surface area contributed by atoms with Crippen molar-refractivity contribution in [2.24, 2.45) is 0 Å². The smallest absolute Gasteiger partial charge is 0.169 e. The third-order valence-corrected chi connectivity index (χ3v) is 2.81. The summed E-state index contributed by atoms with van der Waals surface area (Å²) >= 11 is 0. The number of anilines is 1. The average molecular weight is 275 g/mol. The lowest BCUT2D eigenvalue weighted by atomic mass is 10.1. The maximum atomic E-state index is 5.78. The van der Waals surface area contributed by atoms with Crippen LogP contribution in [0.4, 0.5) is 5.82 Å². The fourth-order valence-electron chi connectivity index (χ4n) is 1.93. The van der Waals surface area contributed by atoms with E-state index in [0.717, 1.165) is 5.69 Å². The molecule has 1 aromatic heterocycles. The second-order valence-corrected chi connectivity index (χ2v) is 4.16. The number of nitrogens with two attached hydrogens (primary N) is 1. The molecule has 2 N–H and O–H groups in total. The van der Waals surface area contributed by atoms with Crippen LogP contribution in [0, 0.1) is 6.92 Å². The Hall–Kier alpha value is -2.50. The van der Waals surface area contributed by atoms with Crippen molar-refractivity contribution in [1.82, 2.24) is 9.97 Å². The highest BCUT2D eigenvalue weighted by Crippen LogP contribution is 2.40. The molecular formula is C14H17N3O3. The zero-order valence-electron chi connectivity index (χ0n) is 11.9. The van der Waals surface area contributed by atoms with Gasteiger partial charge in [-0.05, 0) is 6.92 Å². The molecule has 0 aliphatic heterocycles. The third kappa shape index (κ3) is 2.59. The molecule has 2 rings (SSSR count). The molecule has 0 aliphatic rings. The van der Waals surface area contributed by atoms with Crippen molar-refractivity contribution < 1.29 is 14.2 Å². The number of ether oxygens (including phenoxy) is 3. The second-order valence-electron chi connectivity index (χ2n) is 4.16. The van der Waals surface area contributed by atoms with Gasteiger partial charge in [0.05, 0.1) is 21.3 Å². The van der Waals surface area contributed by atoms with Gasteiger partial charge in [0.25, 0.3) is 0 Å². The Morgan fingerprint density at radius 3 is 1.95 bits per heavy atom. The first-order chi connectivity index (χ1) is 9.58. The van der Waals surface area contributed by atoms with Crippen molar-refractivity contribution in [2.45, 2.75) is 6.92 Å². The second kappa shape index (κ2) is 5.64. The fraction of sp³-hybridized carbons (Fsp3) is 0.286. The molecule has 0 unspecified atom stereocenters. The van der Waals surface area contributed by atoms with Gasteiger partial charge in [0.2, 0.25) is 0 Å². The van der Waals surface area contributed by atoms with Gasteiger partial charge in [-0.3, -0.25) is 0 Å². The number of rotatable bonds is 4. The van der Waals surface area contributed by atoms with Crippen molar-refractivity contribution >= 4 is 5.82 Å². The van der Waals surface area contributed by atoms with Crippen LogP contribution in [0.3, 0.4) is 0 Å². The summed E-state index contributed by atoms with van der Waals surface area (Å²) in [5, 5.41) is 0. The molecule has 0 bridgehead atoms. The van der Waals surface area contributed by atoms with Gasteiger partial charge in [0.15, 0.2) is 5.82 Å². The number of aryl methyl sites for hydroxylation is 1. The van der Waals surface area contributed by atoms with Gasteiger partial charge in [-0.15, -0.1) is 0 Å². The zero-order chi connectivity index (χ0) is 14.7. The number of nitrogen functional groups attached to an aromatic ring is 1. The highest BCUT2D eigenvalue weighted by atomic mass is 16.5. The number of nitrogens with zero attached hydrogens (tertiary/aromatic N) is 2. The topological polar surface area (TPSA) is 79.5 Å². The van der Waals surface area contributed by atoms with Gasteiger partial charge in [0.1, 0.15) is 28.6 Å². The summed E-state index contributed by atoms with van der Waals surface area (Å²) in [6.45, 7) is 1.85. The Labute approximate surface area is 117 Å². The van der Waals surface area contributed by atoms with E-state index >= 15 is 0 Å². The van der Waals surface area contributed by atoms with Gasteiger partial charge in [0, 0.05) is 23.9 Å². The van der Waals surface area contributed by atoms with Gasteiger partial charge in [-0.2, -0.15) is 0 Å². The van der Waals surface area contributed by atoms with Crippen LogP contribution in [0.5, 0.6) is 17.2 Å².